The highest BCUT2D eigenvalue weighted by Crippen LogP contribution is 2.18. The lowest BCUT2D eigenvalue weighted by Gasteiger charge is -2.07. The Balaban J connectivity index is 1.43. The van der Waals surface area contributed by atoms with E-state index in [2.05, 4.69) is 26.1 Å². The highest BCUT2D eigenvalue weighted by molar-refractivity contribution is 5.92. The maximum atomic E-state index is 12.1. The van der Waals surface area contributed by atoms with Crippen molar-refractivity contribution in [3.63, 3.8) is 0 Å². The van der Waals surface area contributed by atoms with Gasteiger partial charge in [-0.05, 0) is 42.8 Å². The van der Waals surface area contributed by atoms with Crippen LogP contribution in [0.3, 0.4) is 0 Å². The van der Waals surface area contributed by atoms with Gasteiger partial charge in [0, 0.05) is 36.8 Å². The zero-order valence-electron chi connectivity index (χ0n) is 15.4. The molecule has 3 amide bonds. The topological polar surface area (TPSA) is 109 Å². The van der Waals surface area contributed by atoms with Gasteiger partial charge in [-0.25, -0.2) is 4.79 Å². The molecule has 0 aliphatic heterocycles. The molecule has 2 aromatic carbocycles. The smallest absolute Gasteiger partial charge is 0.318 e. The van der Waals surface area contributed by atoms with Crippen LogP contribution in [-0.2, 0) is 11.2 Å². The summed E-state index contributed by atoms with van der Waals surface area (Å²) in [7, 11) is 1.54. The number of amides is 3. The summed E-state index contributed by atoms with van der Waals surface area (Å²) < 4.78 is 5.63. The number of hydrogen-bond acceptors (Lipinski definition) is 5. The maximum absolute atomic E-state index is 12.1. The molecular weight excluding hydrogens is 358 g/mol. The van der Waals surface area contributed by atoms with Crippen LogP contribution in [0.25, 0.3) is 11.5 Å². The van der Waals surface area contributed by atoms with Crippen molar-refractivity contribution in [1.29, 1.82) is 0 Å². The summed E-state index contributed by atoms with van der Waals surface area (Å²) >= 11 is 0. The summed E-state index contributed by atoms with van der Waals surface area (Å²) in [5.41, 5.74) is 2.17. The Hall–Kier alpha value is -3.68. The Morgan fingerprint density at radius 2 is 1.61 bits per heavy atom. The molecule has 3 N–H and O–H groups in total. The standard InChI is InChI=1S/C20H21N5O3/c1-21-20(27)23-16-12-10-15(11-13-16)22-17(26)8-5-9-18-24-25-19(28-18)14-6-3-2-4-7-14/h2-4,6-7,10-13H,5,8-9H2,1H3,(H,22,26)(H2,21,23,27). The molecule has 144 valence electrons. The molecule has 0 saturated heterocycles. The van der Waals surface area contributed by atoms with Crippen molar-refractivity contribution in [2.24, 2.45) is 0 Å². The van der Waals surface area contributed by atoms with Crippen molar-refractivity contribution < 1.29 is 14.0 Å². The average molecular weight is 379 g/mol. The van der Waals surface area contributed by atoms with Gasteiger partial charge in [0.25, 0.3) is 0 Å². The number of rotatable bonds is 7. The number of benzene rings is 2. The molecule has 3 rings (SSSR count). The lowest BCUT2D eigenvalue weighted by atomic mass is 10.2. The molecule has 8 heteroatoms. The monoisotopic (exact) mass is 379 g/mol. The van der Waals surface area contributed by atoms with Gasteiger partial charge in [-0.1, -0.05) is 18.2 Å². The third kappa shape index (κ3) is 5.41. The number of nitrogens with one attached hydrogen (secondary N) is 3. The second-order valence-corrected chi connectivity index (χ2v) is 6.05. The van der Waals surface area contributed by atoms with E-state index in [9.17, 15) is 9.59 Å². The summed E-state index contributed by atoms with van der Waals surface area (Å²) in [6.45, 7) is 0. The van der Waals surface area contributed by atoms with Gasteiger partial charge in [-0.15, -0.1) is 10.2 Å². The lowest BCUT2D eigenvalue weighted by molar-refractivity contribution is -0.116. The van der Waals surface area contributed by atoms with E-state index in [0.717, 1.165) is 5.56 Å². The number of hydrogen-bond donors (Lipinski definition) is 3. The minimum Gasteiger partial charge on any atom is -0.421 e. The van der Waals surface area contributed by atoms with Crippen LogP contribution < -0.4 is 16.0 Å². The fraction of sp³-hybridized carbons (Fsp3) is 0.200. The highest BCUT2D eigenvalue weighted by atomic mass is 16.4. The summed E-state index contributed by atoms with van der Waals surface area (Å²) in [5.74, 6) is 0.886. The average Bonchev–Trinajstić information content (AvgIpc) is 3.19. The summed E-state index contributed by atoms with van der Waals surface area (Å²) in [5, 5.41) is 16.0. The first-order valence-electron chi connectivity index (χ1n) is 8.90. The lowest BCUT2D eigenvalue weighted by Crippen LogP contribution is -2.24. The van der Waals surface area contributed by atoms with E-state index in [-0.39, 0.29) is 11.9 Å². The van der Waals surface area contributed by atoms with E-state index in [1.165, 1.54) is 0 Å². The number of carbonyl (C=O) groups excluding carboxylic acids is 2. The molecule has 0 unspecified atom stereocenters. The van der Waals surface area contributed by atoms with Gasteiger partial charge in [0.2, 0.25) is 17.7 Å². The van der Waals surface area contributed by atoms with E-state index >= 15 is 0 Å². The fourth-order valence-electron chi connectivity index (χ4n) is 2.51. The van der Waals surface area contributed by atoms with Crippen molar-refractivity contribution in [1.82, 2.24) is 15.5 Å². The van der Waals surface area contributed by atoms with E-state index in [1.54, 1.807) is 31.3 Å². The molecule has 0 spiro atoms. The number of nitrogens with zero attached hydrogens (tertiary/aromatic N) is 2. The van der Waals surface area contributed by atoms with Crippen molar-refractivity contribution >= 4 is 23.3 Å². The highest BCUT2D eigenvalue weighted by Gasteiger charge is 2.09. The molecule has 1 heterocycles. The third-order valence-electron chi connectivity index (χ3n) is 3.94. The number of urea groups is 1. The molecule has 0 bridgehead atoms. The first kappa shape index (κ1) is 19.1. The van der Waals surface area contributed by atoms with Gasteiger partial charge in [0.1, 0.15) is 0 Å². The minimum absolute atomic E-state index is 0.102. The van der Waals surface area contributed by atoms with Gasteiger partial charge < -0.3 is 20.4 Å². The Bertz CT molecular complexity index is 923. The summed E-state index contributed by atoms with van der Waals surface area (Å²) in [4.78, 5) is 23.3. The zero-order chi connectivity index (χ0) is 19.8. The number of aromatic nitrogens is 2. The Morgan fingerprint density at radius 1 is 0.929 bits per heavy atom. The molecule has 0 aliphatic carbocycles. The predicted octanol–water partition coefficient (Wildman–Crippen LogP) is 3.45. The largest absolute Gasteiger partial charge is 0.421 e. The first-order valence-corrected chi connectivity index (χ1v) is 8.90. The third-order valence-corrected chi connectivity index (χ3v) is 3.94. The second kappa shape index (κ2) is 9.31. The van der Waals surface area contributed by atoms with Crippen LogP contribution >= 0.6 is 0 Å². The van der Waals surface area contributed by atoms with Crippen LogP contribution in [-0.4, -0.2) is 29.2 Å². The molecule has 0 fully saturated rings. The van der Waals surface area contributed by atoms with Crippen molar-refractivity contribution in [2.45, 2.75) is 19.3 Å². The number of anilines is 2. The van der Waals surface area contributed by atoms with Gasteiger partial charge in [-0.2, -0.15) is 0 Å². The van der Waals surface area contributed by atoms with E-state index in [0.29, 0.717) is 42.4 Å². The summed E-state index contributed by atoms with van der Waals surface area (Å²) in [6.07, 6.45) is 1.46. The van der Waals surface area contributed by atoms with E-state index in [4.69, 9.17) is 4.42 Å². The molecule has 0 radical (unpaired) electrons. The number of carbonyl (C=O) groups is 2. The molecule has 0 aliphatic rings. The molecule has 8 nitrogen and oxygen atoms in total. The van der Waals surface area contributed by atoms with Crippen LogP contribution in [0.4, 0.5) is 16.2 Å². The first-order chi connectivity index (χ1) is 13.6. The normalized spacial score (nSPS) is 10.3. The van der Waals surface area contributed by atoms with E-state index in [1.807, 2.05) is 30.3 Å². The SMILES string of the molecule is CNC(=O)Nc1ccc(NC(=O)CCCc2nnc(-c3ccccc3)o2)cc1. The fourth-order valence-corrected chi connectivity index (χ4v) is 2.51. The van der Waals surface area contributed by atoms with Crippen molar-refractivity contribution in [3.8, 4) is 11.5 Å². The zero-order valence-corrected chi connectivity index (χ0v) is 15.4. The molecule has 3 aromatic rings. The van der Waals surface area contributed by atoms with Gasteiger partial charge in [0.05, 0.1) is 0 Å². The molecule has 28 heavy (non-hydrogen) atoms. The molecule has 0 atom stereocenters. The van der Waals surface area contributed by atoms with Gasteiger partial charge in [0.15, 0.2) is 0 Å². The predicted molar refractivity (Wildman–Crippen MR) is 106 cm³/mol. The minimum atomic E-state index is -0.298. The Morgan fingerprint density at radius 3 is 2.29 bits per heavy atom. The second-order valence-electron chi connectivity index (χ2n) is 6.05. The molecular formula is C20H21N5O3. The van der Waals surface area contributed by atoms with Crippen LogP contribution in [0.15, 0.2) is 59.0 Å². The Kier molecular flexibility index (Phi) is 6.35. The van der Waals surface area contributed by atoms with E-state index < -0.39 is 0 Å². The maximum Gasteiger partial charge on any atom is 0.318 e. The van der Waals surface area contributed by atoms with Gasteiger partial charge >= 0.3 is 6.03 Å². The molecule has 0 saturated carbocycles. The van der Waals surface area contributed by atoms with Crippen molar-refractivity contribution in [2.75, 3.05) is 17.7 Å². The quantitative estimate of drug-likeness (QED) is 0.582. The molecule has 1 aromatic heterocycles. The van der Waals surface area contributed by atoms with Crippen LogP contribution in [0.2, 0.25) is 0 Å². The van der Waals surface area contributed by atoms with Crippen LogP contribution in [0.1, 0.15) is 18.7 Å². The van der Waals surface area contributed by atoms with Gasteiger partial charge in [-0.3, -0.25) is 4.79 Å². The summed E-state index contributed by atoms with van der Waals surface area (Å²) in [6, 6.07) is 16.1. The van der Waals surface area contributed by atoms with Crippen LogP contribution in [0.5, 0.6) is 0 Å². The number of aryl methyl sites for hydroxylation is 1. The Labute approximate surface area is 162 Å². The van der Waals surface area contributed by atoms with Crippen molar-refractivity contribution in [3.05, 3.63) is 60.5 Å². The van der Waals surface area contributed by atoms with Crippen LogP contribution in [0, 0.1) is 0 Å².